The Morgan fingerprint density at radius 2 is 1.62 bits per heavy atom. The van der Waals surface area contributed by atoms with E-state index in [1.165, 1.54) is 18.5 Å². The molecule has 2 aliphatic heterocycles. The molecule has 156 valence electrons. The average molecular weight is 399 g/mol. The summed E-state index contributed by atoms with van der Waals surface area (Å²) >= 11 is 0. The predicted octanol–water partition coefficient (Wildman–Crippen LogP) is 1.94. The number of carbonyl (C=O) groups is 3. The van der Waals surface area contributed by atoms with Crippen molar-refractivity contribution in [2.45, 2.75) is 32.6 Å². The van der Waals surface area contributed by atoms with Gasteiger partial charge in [-0.05, 0) is 55.9 Å². The summed E-state index contributed by atoms with van der Waals surface area (Å²) in [5.41, 5.74) is 0.986. The van der Waals surface area contributed by atoms with E-state index in [4.69, 9.17) is 0 Å². The molecule has 0 bridgehead atoms. The largest absolute Gasteiger partial charge is 0.372 e. The first-order valence-corrected chi connectivity index (χ1v) is 10.7. The fourth-order valence-electron chi connectivity index (χ4n) is 4.27. The third kappa shape index (κ3) is 4.09. The van der Waals surface area contributed by atoms with Gasteiger partial charge >= 0.3 is 0 Å². The van der Waals surface area contributed by atoms with E-state index >= 15 is 0 Å². The standard InChI is InChI=1S/C22H30N4O3/c1-17-6-10-25(11-7-17)19-4-2-18(3-5-19)23-20(28)22(8-9-22)21(29)26-14-12-24(16-27)13-15-26/h2-5,16-17H,6-15H2,1H3,(H,23,28). The molecule has 3 amide bonds. The summed E-state index contributed by atoms with van der Waals surface area (Å²) in [6.45, 7) is 6.50. The Kier molecular flexibility index (Phi) is 5.48. The van der Waals surface area contributed by atoms with Crippen LogP contribution in [0.2, 0.25) is 0 Å². The molecule has 4 rings (SSSR count). The Hall–Kier alpha value is -2.57. The quantitative estimate of drug-likeness (QED) is 0.608. The highest BCUT2D eigenvalue weighted by Gasteiger charge is 2.58. The summed E-state index contributed by atoms with van der Waals surface area (Å²) in [4.78, 5) is 42.5. The first kappa shape index (κ1) is 19.7. The molecule has 0 atom stereocenters. The van der Waals surface area contributed by atoms with Crippen molar-refractivity contribution in [3.63, 3.8) is 0 Å². The van der Waals surface area contributed by atoms with Crippen molar-refractivity contribution < 1.29 is 14.4 Å². The molecule has 1 aromatic rings. The number of nitrogens with one attached hydrogen (secondary N) is 1. The molecule has 0 spiro atoms. The molecule has 0 aromatic heterocycles. The van der Waals surface area contributed by atoms with Crippen molar-refractivity contribution in [2.75, 3.05) is 49.5 Å². The highest BCUT2D eigenvalue weighted by atomic mass is 16.2. The zero-order valence-electron chi connectivity index (χ0n) is 17.1. The Labute approximate surface area is 172 Å². The maximum absolute atomic E-state index is 12.9. The maximum atomic E-state index is 12.9. The minimum absolute atomic E-state index is 0.0976. The second kappa shape index (κ2) is 8.05. The number of anilines is 2. The second-order valence-corrected chi connectivity index (χ2v) is 8.69. The van der Waals surface area contributed by atoms with E-state index < -0.39 is 5.41 Å². The Morgan fingerprint density at radius 1 is 1.00 bits per heavy atom. The van der Waals surface area contributed by atoms with Crippen LogP contribution in [-0.2, 0) is 14.4 Å². The SMILES string of the molecule is CC1CCN(c2ccc(NC(=O)C3(C(=O)N4CCN(C=O)CC4)CC3)cc2)CC1. The summed E-state index contributed by atoms with van der Waals surface area (Å²) in [5, 5.41) is 2.95. The lowest BCUT2D eigenvalue weighted by atomic mass is 9.99. The molecule has 2 saturated heterocycles. The van der Waals surface area contributed by atoms with E-state index in [2.05, 4.69) is 17.1 Å². The molecule has 2 heterocycles. The number of hydrogen-bond donors (Lipinski definition) is 1. The van der Waals surface area contributed by atoms with Gasteiger partial charge in [0, 0.05) is 50.6 Å². The lowest BCUT2D eigenvalue weighted by Crippen LogP contribution is -2.52. The van der Waals surface area contributed by atoms with Gasteiger partial charge < -0.3 is 20.0 Å². The van der Waals surface area contributed by atoms with Gasteiger partial charge in [-0.25, -0.2) is 0 Å². The van der Waals surface area contributed by atoms with Crippen LogP contribution in [0.25, 0.3) is 0 Å². The summed E-state index contributed by atoms with van der Waals surface area (Å²) in [6, 6.07) is 7.95. The number of amides is 3. The monoisotopic (exact) mass is 398 g/mol. The number of carbonyl (C=O) groups excluding carboxylic acids is 3. The Balaban J connectivity index is 1.35. The number of hydrogen-bond acceptors (Lipinski definition) is 4. The third-order valence-electron chi connectivity index (χ3n) is 6.62. The van der Waals surface area contributed by atoms with E-state index in [1.54, 1.807) is 9.80 Å². The van der Waals surface area contributed by atoms with Crippen LogP contribution < -0.4 is 10.2 Å². The van der Waals surface area contributed by atoms with Gasteiger partial charge in [0.1, 0.15) is 5.41 Å². The van der Waals surface area contributed by atoms with Gasteiger partial charge in [0.15, 0.2) is 0 Å². The van der Waals surface area contributed by atoms with Gasteiger partial charge in [-0.2, -0.15) is 0 Å². The van der Waals surface area contributed by atoms with Crippen molar-refractivity contribution >= 4 is 29.6 Å². The molecule has 7 nitrogen and oxygen atoms in total. The molecule has 1 saturated carbocycles. The van der Waals surface area contributed by atoms with Gasteiger partial charge in [0.25, 0.3) is 0 Å². The molecule has 1 N–H and O–H groups in total. The number of piperidine rings is 1. The van der Waals surface area contributed by atoms with Crippen molar-refractivity contribution in [3.8, 4) is 0 Å². The summed E-state index contributed by atoms with van der Waals surface area (Å²) in [7, 11) is 0. The molecule has 0 unspecified atom stereocenters. The molecule has 29 heavy (non-hydrogen) atoms. The molecule has 3 aliphatic rings. The molecule has 0 radical (unpaired) electrons. The van der Waals surface area contributed by atoms with E-state index in [1.807, 2.05) is 24.3 Å². The maximum Gasteiger partial charge on any atom is 0.240 e. The first-order chi connectivity index (χ1) is 14.0. The van der Waals surface area contributed by atoms with Crippen LogP contribution in [-0.4, -0.2) is 67.3 Å². The van der Waals surface area contributed by atoms with Crippen molar-refractivity contribution in [2.24, 2.45) is 11.3 Å². The van der Waals surface area contributed by atoms with Crippen LogP contribution in [0.5, 0.6) is 0 Å². The highest BCUT2D eigenvalue weighted by molar-refractivity contribution is 6.13. The van der Waals surface area contributed by atoms with E-state index in [9.17, 15) is 14.4 Å². The van der Waals surface area contributed by atoms with Crippen LogP contribution in [0.15, 0.2) is 24.3 Å². The van der Waals surface area contributed by atoms with Crippen LogP contribution in [0.1, 0.15) is 32.6 Å². The van der Waals surface area contributed by atoms with E-state index in [0.717, 1.165) is 31.1 Å². The van der Waals surface area contributed by atoms with Gasteiger partial charge in [0.2, 0.25) is 18.2 Å². The van der Waals surface area contributed by atoms with E-state index in [0.29, 0.717) is 39.0 Å². The highest BCUT2D eigenvalue weighted by Crippen LogP contribution is 2.48. The molecular weight excluding hydrogens is 368 g/mol. The van der Waals surface area contributed by atoms with Crippen molar-refractivity contribution in [3.05, 3.63) is 24.3 Å². The summed E-state index contributed by atoms with van der Waals surface area (Å²) < 4.78 is 0. The summed E-state index contributed by atoms with van der Waals surface area (Å²) in [5.74, 6) is 0.484. The minimum atomic E-state index is -0.926. The molecule has 1 aliphatic carbocycles. The molecular formula is C22H30N4O3. The molecule has 1 aromatic carbocycles. The van der Waals surface area contributed by atoms with Gasteiger partial charge in [-0.1, -0.05) is 6.92 Å². The van der Waals surface area contributed by atoms with Crippen molar-refractivity contribution in [1.29, 1.82) is 0 Å². The summed E-state index contributed by atoms with van der Waals surface area (Å²) in [6.07, 6.45) is 4.43. The Morgan fingerprint density at radius 3 is 2.17 bits per heavy atom. The van der Waals surface area contributed by atoms with Crippen LogP contribution in [0, 0.1) is 11.3 Å². The first-order valence-electron chi connectivity index (χ1n) is 10.7. The fourth-order valence-corrected chi connectivity index (χ4v) is 4.27. The van der Waals surface area contributed by atoms with Crippen LogP contribution in [0.4, 0.5) is 11.4 Å². The number of piperazine rings is 1. The number of benzene rings is 1. The molecule has 3 fully saturated rings. The third-order valence-corrected chi connectivity index (χ3v) is 6.62. The average Bonchev–Trinajstić information content (AvgIpc) is 3.57. The van der Waals surface area contributed by atoms with Crippen LogP contribution >= 0.6 is 0 Å². The number of rotatable bonds is 5. The van der Waals surface area contributed by atoms with Crippen LogP contribution in [0.3, 0.4) is 0 Å². The predicted molar refractivity (Wildman–Crippen MR) is 112 cm³/mol. The zero-order chi connectivity index (χ0) is 20.4. The van der Waals surface area contributed by atoms with E-state index in [-0.39, 0.29) is 11.8 Å². The van der Waals surface area contributed by atoms with Gasteiger partial charge in [0.05, 0.1) is 0 Å². The van der Waals surface area contributed by atoms with Crippen molar-refractivity contribution in [1.82, 2.24) is 9.80 Å². The van der Waals surface area contributed by atoms with Gasteiger partial charge in [-0.3, -0.25) is 14.4 Å². The lowest BCUT2D eigenvalue weighted by Gasteiger charge is -2.34. The minimum Gasteiger partial charge on any atom is -0.372 e. The Bertz CT molecular complexity index is 759. The van der Waals surface area contributed by atoms with Gasteiger partial charge in [-0.15, -0.1) is 0 Å². The second-order valence-electron chi connectivity index (χ2n) is 8.69. The normalized spacial score (nSPS) is 21.6. The fraction of sp³-hybridized carbons (Fsp3) is 0.591. The smallest absolute Gasteiger partial charge is 0.240 e. The number of nitrogens with zero attached hydrogens (tertiary/aromatic N) is 3. The molecule has 7 heteroatoms. The zero-order valence-corrected chi connectivity index (χ0v) is 17.1. The lowest BCUT2D eigenvalue weighted by molar-refractivity contribution is -0.144. The topological polar surface area (TPSA) is 73.0 Å².